The first-order valence-electron chi connectivity index (χ1n) is 9.34. The van der Waals surface area contributed by atoms with Crippen LogP contribution in [0.2, 0.25) is 0 Å². The summed E-state index contributed by atoms with van der Waals surface area (Å²) in [6, 6.07) is 7.75. The first-order chi connectivity index (χ1) is 14.8. The van der Waals surface area contributed by atoms with E-state index in [9.17, 15) is 34.8 Å². The van der Waals surface area contributed by atoms with E-state index in [1.807, 2.05) is 0 Å². The number of likely N-dealkylation sites (tertiary alicyclic amines) is 1. The fourth-order valence-corrected chi connectivity index (χ4v) is 6.27. The van der Waals surface area contributed by atoms with Crippen LogP contribution in [0.5, 0.6) is 0 Å². The maximum atomic E-state index is 13.5. The SMILES string of the molecule is O=C(O)N1CCC(NS(=O)(=O)c2cc(S(=O)(=O)c3ccccc3)ccc2C(F)(F)F)CC1. The Morgan fingerprint density at radius 1 is 0.969 bits per heavy atom. The summed E-state index contributed by atoms with van der Waals surface area (Å²) in [4.78, 5) is 10.0. The highest BCUT2D eigenvalue weighted by Gasteiger charge is 2.39. The molecule has 0 atom stereocenters. The Morgan fingerprint density at radius 3 is 2.09 bits per heavy atom. The third-order valence-electron chi connectivity index (χ3n) is 5.00. The lowest BCUT2D eigenvalue weighted by molar-refractivity contribution is -0.139. The van der Waals surface area contributed by atoms with Crippen LogP contribution in [0.4, 0.5) is 18.0 Å². The molecule has 2 aromatic carbocycles. The van der Waals surface area contributed by atoms with Crippen molar-refractivity contribution in [3.63, 3.8) is 0 Å². The van der Waals surface area contributed by atoms with Crippen molar-refractivity contribution >= 4 is 26.0 Å². The highest BCUT2D eigenvalue weighted by Crippen LogP contribution is 2.36. The average Bonchev–Trinajstić information content (AvgIpc) is 2.73. The first kappa shape index (κ1) is 24.0. The number of hydrogen-bond donors (Lipinski definition) is 2. The quantitative estimate of drug-likeness (QED) is 0.662. The molecule has 1 fully saturated rings. The van der Waals surface area contributed by atoms with E-state index in [-0.39, 0.29) is 30.8 Å². The summed E-state index contributed by atoms with van der Waals surface area (Å²) in [6.45, 7) is 0.0220. The minimum atomic E-state index is -5.05. The van der Waals surface area contributed by atoms with E-state index >= 15 is 0 Å². The minimum absolute atomic E-state index is 0.0110. The number of nitrogens with zero attached hydrogens (tertiary/aromatic N) is 1. The fourth-order valence-electron chi connectivity index (χ4n) is 3.33. The van der Waals surface area contributed by atoms with Crippen LogP contribution in [-0.2, 0) is 26.0 Å². The average molecular weight is 492 g/mol. The number of benzene rings is 2. The van der Waals surface area contributed by atoms with Gasteiger partial charge in [-0.2, -0.15) is 13.2 Å². The molecule has 0 aliphatic carbocycles. The number of piperidine rings is 1. The summed E-state index contributed by atoms with van der Waals surface area (Å²) < 4.78 is 94.1. The fraction of sp³-hybridized carbons (Fsp3) is 0.316. The number of amides is 1. The number of sulfonamides is 1. The molecule has 0 saturated carbocycles. The lowest BCUT2D eigenvalue weighted by atomic mass is 10.1. The molecule has 1 saturated heterocycles. The summed E-state index contributed by atoms with van der Waals surface area (Å²) in [7, 11) is -9.04. The summed E-state index contributed by atoms with van der Waals surface area (Å²) in [5.41, 5.74) is -1.50. The summed E-state index contributed by atoms with van der Waals surface area (Å²) in [5, 5.41) is 8.97. The molecule has 3 rings (SSSR count). The lowest BCUT2D eigenvalue weighted by Crippen LogP contribution is -2.46. The molecule has 0 spiro atoms. The molecule has 0 bridgehead atoms. The topological polar surface area (TPSA) is 121 Å². The lowest BCUT2D eigenvalue weighted by Gasteiger charge is -2.30. The van der Waals surface area contributed by atoms with Crippen molar-refractivity contribution in [3.05, 3.63) is 54.1 Å². The zero-order valence-electron chi connectivity index (χ0n) is 16.4. The molecule has 2 aromatic rings. The zero-order valence-corrected chi connectivity index (χ0v) is 18.0. The van der Waals surface area contributed by atoms with E-state index in [1.54, 1.807) is 6.07 Å². The van der Waals surface area contributed by atoms with Crippen LogP contribution in [0.15, 0.2) is 63.2 Å². The number of sulfone groups is 1. The molecule has 0 unspecified atom stereocenters. The van der Waals surface area contributed by atoms with Gasteiger partial charge in [0.05, 0.1) is 20.2 Å². The molecule has 13 heteroatoms. The van der Waals surface area contributed by atoms with E-state index < -0.39 is 53.5 Å². The Labute approximate surface area is 182 Å². The van der Waals surface area contributed by atoms with Crippen LogP contribution in [0.3, 0.4) is 0 Å². The Balaban J connectivity index is 2.00. The van der Waals surface area contributed by atoms with Gasteiger partial charge >= 0.3 is 12.3 Å². The van der Waals surface area contributed by atoms with Crippen molar-refractivity contribution in [2.75, 3.05) is 13.1 Å². The standard InChI is InChI=1S/C19H19F3N2O6S2/c20-19(21,22)16-7-6-15(31(27,28)14-4-2-1-3-5-14)12-17(16)32(29,30)23-13-8-10-24(11-9-13)18(25)26/h1-7,12-13,23H,8-11H2,(H,25,26). The zero-order chi connectivity index (χ0) is 23.7. The highest BCUT2D eigenvalue weighted by molar-refractivity contribution is 7.91. The van der Waals surface area contributed by atoms with Gasteiger partial charge in [-0.05, 0) is 43.2 Å². The van der Waals surface area contributed by atoms with Gasteiger partial charge in [0, 0.05) is 19.1 Å². The first-order valence-corrected chi connectivity index (χ1v) is 12.3. The van der Waals surface area contributed by atoms with E-state index in [2.05, 4.69) is 4.72 Å². The van der Waals surface area contributed by atoms with Gasteiger partial charge in [0.1, 0.15) is 0 Å². The van der Waals surface area contributed by atoms with Gasteiger partial charge in [0.2, 0.25) is 19.9 Å². The molecule has 174 valence electrons. The highest BCUT2D eigenvalue weighted by atomic mass is 32.2. The Bertz CT molecular complexity index is 1210. The Hall–Kier alpha value is -2.64. The largest absolute Gasteiger partial charge is 0.465 e. The van der Waals surface area contributed by atoms with Crippen molar-refractivity contribution < 1.29 is 39.9 Å². The van der Waals surface area contributed by atoms with E-state index in [0.717, 1.165) is 11.0 Å². The normalized spacial score (nSPS) is 16.2. The Morgan fingerprint density at radius 2 is 1.56 bits per heavy atom. The molecular weight excluding hydrogens is 473 g/mol. The van der Waals surface area contributed by atoms with Crippen molar-refractivity contribution in [1.29, 1.82) is 0 Å². The van der Waals surface area contributed by atoms with Crippen LogP contribution in [-0.4, -0.2) is 52.1 Å². The number of carboxylic acid groups (broad SMARTS) is 1. The maximum Gasteiger partial charge on any atom is 0.417 e. The number of carbonyl (C=O) groups is 1. The van der Waals surface area contributed by atoms with Crippen molar-refractivity contribution in [3.8, 4) is 0 Å². The predicted molar refractivity (Wildman–Crippen MR) is 106 cm³/mol. The Kier molecular flexibility index (Phi) is 6.54. The smallest absolute Gasteiger partial charge is 0.417 e. The van der Waals surface area contributed by atoms with Crippen LogP contribution >= 0.6 is 0 Å². The van der Waals surface area contributed by atoms with Gasteiger partial charge < -0.3 is 10.0 Å². The molecule has 1 amide bonds. The molecular formula is C19H19F3N2O6S2. The molecule has 8 nitrogen and oxygen atoms in total. The monoisotopic (exact) mass is 492 g/mol. The number of hydrogen-bond acceptors (Lipinski definition) is 5. The molecule has 1 aliphatic heterocycles. The van der Waals surface area contributed by atoms with Gasteiger partial charge in [0.25, 0.3) is 0 Å². The predicted octanol–water partition coefficient (Wildman–Crippen LogP) is 2.96. The second kappa shape index (κ2) is 8.71. The van der Waals surface area contributed by atoms with Crippen molar-refractivity contribution in [2.24, 2.45) is 0 Å². The third-order valence-corrected chi connectivity index (χ3v) is 8.33. The van der Waals surface area contributed by atoms with Crippen molar-refractivity contribution in [2.45, 2.75) is 39.7 Å². The minimum Gasteiger partial charge on any atom is -0.465 e. The van der Waals surface area contributed by atoms with Gasteiger partial charge in [-0.1, -0.05) is 18.2 Å². The van der Waals surface area contributed by atoms with Gasteiger partial charge in [-0.25, -0.2) is 26.4 Å². The molecule has 1 heterocycles. The van der Waals surface area contributed by atoms with Crippen LogP contribution < -0.4 is 4.72 Å². The van der Waals surface area contributed by atoms with Crippen LogP contribution in [0.1, 0.15) is 18.4 Å². The van der Waals surface area contributed by atoms with E-state index in [0.29, 0.717) is 12.1 Å². The molecule has 32 heavy (non-hydrogen) atoms. The van der Waals surface area contributed by atoms with E-state index in [1.165, 1.54) is 24.3 Å². The number of rotatable bonds is 5. The van der Waals surface area contributed by atoms with Gasteiger partial charge in [-0.15, -0.1) is 0 Å². The van der Waals surface area contributed by atoms with Gasteiger partial charge in [0.15, 0.2) is 0 Å². The second-order valence-corrected chi connectivity index (χ2v) is 10.8. The number of nitrogens with one attached hydrogen (secondary N) is 1. The van der Waals surface area contributed by atoms with E-state index in [4.69, 9.17) is 5.11 Å². The third kappa shape index (κ3) is 5.05. The summed E-state index contributed by atoms with van der Waals surface area (Å²) >= 11 is 0. The molecule has 2 N–H and O–H groups in total. The second-order valence-electron chi connectivity index (χ2n) is 7.14. The summed E-state index contributed by atoms with van der Waals surface area (Å²) in [6.07, 6.45) is -6.10. The molecule has 0 radical (unpaired) electrons. The molecule has 1 aliphatic rings. The number of alkyl halides is 3. The maximum absolute atomic E-state index is 13.5. The van der Waals surface area contributed by atoms with Crippen molar-refractivity contribution in [1.82, 2.24) is 9.62 Å². The number of halogens is 3. The van der Waals surface area contributed by atoms with Crippen LogP contribution in [0, 0.1) is 0 Å². The summed E-state index contributed by atoms with van der Waals surface area (Å²) in [5.74, 6) is 0. The molecule has 0 aromatic heterocycles. The van der Waals surface area contributed by atoms with Crippen LogP contribution in [0.25, 0.3) is 0 Å². The van der Waals surface area contributed by atoms with Gasteiger partial charge in [-0.3, -0.25) is 0 Å².